The highest BCUT2D eigenvalue weighted by Crippen LogP contribution is 2.28. The summed E-state index contributed by atoms with van der Waals surface area (Å²) in [6, 6.07) is 0. The molecule has 0 saturated heterocycles. The Kier molecular flexibility index (Phi) is 3.26. The highest BCUT2D eigenvalue weighted by atomic mass is 16.6. The molecule has 1 aromatic rings. The van der Waals surface area contributed by atoms with Gasteiger partial charge in [-0.3, -0.25) is 10.1 Å². The van der Waals surface area contributed by atoms with E-state index >= 15 is 0 Å². The Hall–Kier alpha value is -1.92. The molecule has 7 nitrogen and oxygen atoms in total. The fourth-order valence-electron chi connectivity index (χ4n) is 1.26. The first-order chi connectivity index (χ1) is 7.34. The molecule has 88 valence electrons. The lowest BCUT2D eigenvalue weighted by molar-refractivity contribution is -0.385. The van der Waals surface area contributed by atoms with Crippen LogP contribution in [0.3, 0.4) is 0 Å². The maximum Gasteiger partial charge on any atom is 0.332 e. The van der Waals surface area contributed by atoms with Crippen molar-refractivity contribution < 1.29 is 4.92 Å². The number of hydrogen-bond donors (Lipinski definition) is 0. The minimum atomic E-state index is -0.454. The van der Waals surface area contributed by atoms with E-state index in [1.54, 1.807) is 44.9 Å². The summed E-state index contributed by atoms with van der Waals surface area (Å²) in [6.07, 6.45) is 0. The van der Waals surface area contributed by atoms with Crippen LogP contribution in [-0.4, -0.2) is 43.1 Å². The molecule has 0 aliphatic heterocycles. The predicted molar refractivity (Wildman–Crippen MR) is 62.1 cm³/mol. The molecule has 0 aliphatic carbocycles. The molecule has 0 aliphatic rings. The van der Waals surface area contributed by atoms with E-state index in [-0.39, 0.29) is 5.69 Å². The van der Waals surface area contributed by atoms with Crippen molar-refractivity contribution in [3.63, 3.8) is 0 Å². The van der Waals surface area contributed by atoms with Gasteiger partial charge in [-0.15, -0.1) is 0 Å². The van der Waals surface area contributed by atoms with E-state index in [2.05, 4.69) is 9.97 Å². The highest BCUT2D eigenvalue weighted by Gasteiger charge is 2.23. The predicted octanol–water partition coefficient (Wildman–Crippen LogP) is 0.825. The first-order valence-corrected chi connectivity index (χ1v) is 4.72. The summed E-state index contributed by atoms with van der Waals surface area (Å²) in [6.45, 7) is 1.61. The maximum atomic E-state index is 10.9. The van der Waals surface area contributed by atoms with Gasteiger partial charge < -0.3 is 9.80 Å². The van der Waals surface area contributed by atoms with Crippen LogP contribution in [0.4, 0.5) is 17.5 Å². The van der Waals surface area contributed by atoms with E-state index in [1.807, 2.05) is 0 Å². The van der Waals surface area contributed by atoms with Crippen LogP contribution in [0.1, 0.15) is 5.69 Å². The van der Waals surface area contributed by atoms with Gasteiger partial charge in [0.2, 0.25) is 11.8 Å². The zero-order valence-corrected chi connectivity index (χ0v) is 10.1. The molecular weight excluding hydrogens is 210 g/mol. The number of aromatic nitrogens is 2. The van der Waals surface area contributed by atoms with Crippen LogP contribution in [0, 0.1) is 17.0 Å². The molecule has 0 spiro atoms. The standard InChI is InChI=1S/C9H15N5O2/c1-6-7(14(15)16)8(12(2)3)11-9(10-6)13(4)5/h1-5H3. The fraction of sp³-hybridized carbons (Fsp3) is 0.556. The van der Waals surface area contributed by atoms with Gasteiger partial charge in [0.25, 0.3) is 0 Å². The van der Waals surface area contributed by atoms with Crippen LogP contribution in [-0.2, 0) is 0 Å². The molecule has 16 heavy (non-hydrogen) atoms. The van der Waals surface area contributed by atoms with Crippen LogP contribution in [0.5, 0.6) is 0 Å². The maximum absolute atomic E-state index is 10.9. The summed E-state index contributed by atoms with van der Waals surface area (Å²) in [5, 5.41) is 10.9. The number of nitrogens with zero attached hydrogens (tertiary/aromatic N) is 5. The molecular formula is C9H15N5O2. The zero-order chi connectivity index (χ0) is 12.5. The molecule has 0 aromatic carbocycles. The van der Waals surface area contributed by atoms with Crippen molar-refractivity contribution in [2.45, 2.75) is 6.92 Å². The van der Waals surface area contributed by atoms with Crippen LogP contribution >= 0.6 is 0 Å². The van der Waals surface area contributed by atoms with E-state index in [0.717, 1.165) is 0 Å². The van der Waals surface area contributed by atoms with E-state index in [9.17, 15) is 10.1 Å². The summed E-state index contributed by atoms with van der Waals surface area (Å²) in [7, 11) is 7.02. The van der Waals surface area contributed by atoms with Crippen LogP contribution in [0.25, 0.3) is 0 Å². The average molecular weight is 225 g/mol. The summed E-state index contributed by atoms with van der Waals surface area (Å²) in [4.78, 5) is 22.0. The van der Waals surface area contributed by atoms with Crippen LogP contribution < -0.4 is 9.80 Å². The molecule has 1 aromatic heterocycles. The van der Waals surface area contributed by atoms with Crippen molar-refractivity contribution in [2.24, 2.45) is 0 Å². The largest absolute Gasteiger partial charge is 0.357 e. The Bertz CT molecular complexity index is 417. The SMILES string of the molecule is Cc1nc(N(C)C)nc(N(C)C)c1[N+](=O)[O-]. The van der Waals surface area contributed by atoms with E-state index in [1.165, 1.54) is 0 Å². The quantitative estimate of drug-likeness (QED) is 0.560. The monoisotopic (exact) mass is 225 g/mol. The Labute approximate surface area is 93.9 Å². The summed E-state index contributed by atoms with van der Waals surface area (Å²) < 4.78 is 0. The van der Waals surface area contributed by atoms with Gasteiger partial charge in [0.05, 0.1) is 4.92 Å². The van der Waals surface area contributed by atoms with E-state index in [4.69, 9.17) is 0 Å². The second-order valence-electron chi connectivity index (χ2n) is 3.83. The van der Waals surface area contributed by atoms with Crippen molar-refractivity contribution >= 4 is 17.5 Å². The lowest BCUT2D eigenvalue weighted by Crippen LogP contribution is -2.19. The van der Waals surface area contributed by atoms with Crippen LogP contribution in [0.15, 0.2) is 0 Å². The molecule has 1 heterocycles. The Morgan fingerprint density at radius 2 is 1.69 bits per heavy atom. The lowest BCUT2D eigenvalue weighted by Gasteiger charge is -2.16. The Balaban J connectivity index is 3.45. The molecule has 0 fully saturated rings. The number of rotatable bonds is 3. The second kappa shape index (κ2) is 4.30. The minimum Gasteiger partial charge on any atom is -0.357 e. The molecule has 7 heteroatoms. The first kappa shape index (κ1) is 12.2. The molecule has 0 unspecified atom stereocenters. The number of hydrogen-bond acceptors (Lipinski definition) is 6. The number of aryl methyl sites for hydroxylation is 1. The third kappa shape index (κ3) is 2.18. The normalized spacial score (nSPS) is 10.1. The number of nitro groups is 1. The molecule has 0 radical (unpaired) electrons. The van der Waals surface area contributed by atoms with Crippen molar-refractivity contribution in [2.75, 3.05) is 38.0 Å². The Morgan fingerprint density at radius 3 is 2.06 bits per heavy atom. The van der Waals surface area contributed by atoms with Gasteiger partial charge in [-0.05, 0) is 6.92 Å². The van der Waals surface area contributed by atoms with Gasteiger partial charge >= 0.3 is 5.69 Å². The topological polar surface area (TPSA) is 75.4 Å². The fourth-order valence-corrected chi connectivity index (χ4v) is 1.26. The summed E-state index contributed by atoms with van der Waals surface area (Å²) >= 11 is 0. The van der Waals surface area contributed by atoms with E-state index < -0.39 is 4.92 Å². The lowest BCUT2D eigenvalue weighted by atomic mass is 10.3. The van der Waals surface area contributed by atoms with Gasteiger partial charge in [-0.1, -0.05) is 0 Å². The molecule has 0 atom stereocenters. The van der Waals surface area contributed by atoms with E-state index in [0.29, 0.717) is 17.5 Å². The van der Waals surface area contributed by atoms with Crippen molar-refractivity contribution in [1.29, 1.82) is 0 Å². The smallest absolute Gasteiger partial charge is 0.332 e. The molecule has 0 N–H and O–H groups in total. The molecule has 1 rings (SSSR count). The number of anilines is 2. The highest BCUT2D eigenvalue weighted by molar-refractivity contribution is 5.61. The summed E-state index contributed by atoms with van der Waals surface area (Å²) in [5.41, 5.74) is 0.322. The third-order valence-corrected chi connectivity index (χ3v) is 2.03. The van der Waals surface area contributed by atoms with Gasteiger partial charge in [0, 0.05) is 28.2 Å². The Morgan fingerprint density at radius 1 is 1.12 bits per heavy atom. The van der Waals surface area contributed by atoms with Gasteiger partial charge in [0.1, 0.15) is 5.69 Å². The molecule has 0 amide bonds. The van der Waals surface area contributed by atoms with Crippen molar-refractivity contribution in [3.8, 4) is 0 Å². The van der Waals surface area contributed by atoms with Gasteiger partial charge in [0.15, 0.2) is 0 Å². The van der Waals surface area contributed by atoms with Crippen molar-refractivity contribution in [1.82, 2.24) is 9.97 Å². The van der Waals surface area contributed by atoms with Crippen LogP contribution in [0.2, 0.25) is 0 Å². The van der Waals surface area contributed by atoms with Gasteiger partial charge in [-0.2, -0.15) is 4.98 Å². The first-order valence-electron chi connectivity index (χ1n) is 4.72. The molecule has 0 bridgehead atoms. The zero-order valence-electron chi connectivity index (χ0n) is 10.1. The third-order valence-electron chi connectivity index (χ3n) is 2.03. The second-order valence-corrected chi connectivity index (χ2v) is 3.83. The minimum absolute atomic E-state index is 0.0457. The molecule has 0 saturated carbocycles. The average Bonchev–Trinajstić information content (AvgIpc) is 2.15. The van der Waals surface area contributed by atoms with Gasteiger partial charge in [-0.25, -0.2) is 4.98 Å². The van der Waals surface area contributed by atoms with Crippen molar-refractivity contribution in [3.05, 3.63) is 15.8 Å². The summed E-state index contributed by atoms with van der Waals surface area (Å²) in [5.74, 6) is 0.785.